The standard InChI is InChI=1S/C11H18N4O3/c1-3-14-9(8(12)11(18)15(14)4-2)13-6-5-7(16)10(13)17/h7,16H,3-6,12H2,1-2H3. The average molecular weight is 254 g/mol. The molecule has 1 saturated heterocycles. The largest absolute Gasteiger partial charge is 0.391 e. The van der Waals surface area contributed by atoms with E-state index in [1.165, 1.54) is 9.58 Å². The van der Waals surface area contributed by atoms with E-state index in [1.807, 2.05) is 13.8 Å². The molecule has 1 aliphatic heterocycles. The maximum Gasteiger partial charge on any atom is 0.292 e. The number of aromatic nitrogens is 2. The minimum atomic E-state index is -0.991. The van der Waals surface area contributed by atoms with Crippen LogP contribution in [0.15, 0.2) is 4.79 Å². The molecule has 1 unspecified atom stereocenters. The molecule has 1 atom stereocenters. The highest BCUT2D eigenvalue weighted by Gasteiger charge is 2.35. The molecule has 7 nitrogen and oxygen atoms in total. The highest BCUT2D eigenvalue weighted by molar-refractivity contribution is 5.99. The Kier molecular flexibility index (Phi) is 3.16. The van der Waals surface area contributed by atoms with Crippen LogP contribution < -0.4 is 16.2 Å². The van der Waals surface area contributed by atoms with Crippen molar-refractivity contribution >= 4 is 17.4 Å². The Bertz CT molecular complexity index is 531. The summed E-state index contributed by atoms with van der Waals surface area (Å²) in [5, 5.41) is 9.49. The molecule has 0 radical (unpaired) electrons. The molecule has 0 aromatic carbocycles. The van der Waals surface area contributed by atoms with Gasteiger partial charge in [-0.25, -0.2) is 4.68 Å². The number of rotatable bonds is 3. The van der Waals surface area contributed by atoms with Gasteiger partial charge in [-0.15, -0.1) is 0 Å². The van der Waals surface area contributed by atoms with Crippen molar-refractivity contribution in [3.8, 4) is 0 Å². The summed E-state index contributed by atoms with van der Waals surface area (Å²) in [6, 6.07) is 0. The summed E-state index contributed by atoms with van der Waals surface area (Å²) in [6.45, 7) is 5.14. The van der Waals surface area contributed by atoms with Gasteiger partial charge in [-0.3, -0.25) is 19.2 Å². The first-order chi connectivity index (χ1) is 8.52. The Morgan fingerprint density at radius 2 is 1.89 bits per heavy atom. The van der Waals surface area contributed by atoms with Crippen LogP contribution in [0.3, 0.4) is 0 Å². The van der Waals surface area contributed by atoms with Gasteiger partial charge in [0.15, 0.2) is 5.82 Å². The Hall–Kier alpha value is -1.76. The lowest BCUT2D eigenvalue weighted by atomic mass is 10.3. The number of hydrogen-bond acceptors (Lipinski definition) is 4. The molecule has 2 heterocycles. The van der Waals surface area contributed by atoms with Crippen LogP contribution in [0.2, 0.25) is 0 Å². The summed E-state index contributed by atoms with van der Waals surface area (Å²) in [5.41, 5.74) is 5.60. The Morgan fingerprint density at radius 3 is 2.33 bits per heavy atom. The summed E-state index contributed by atoms with van der Waals surface area (Å²) in [7, 11) is 0. The number of carbonyl (C=O) groups is 1. The minimum absolute atomic E-state index is 0.0705. The van der Waals surface area contributed by atoms with Crippen molar-refractivity contribution in [3.05, 3.63) is 10.4 Å². The van der Waals surface area contributed by atoms with E-state index in [2.05, 4.69) is 0 Å². The summed E-state index contributed by atoms with van der Waals surface area (Å²) in [5.74, 6) is 0.0167. The lowest BCUT2D eigenvalue weighted by molar-refractivity contribution is -0.124. The topological polar surface area (TPSA) is 93.5 Å². The normalized spacial score (nSPS) is 19.8. The highest BCUT2D eigenvalue weighted by atomic mass is 16.3. The molecule has 3 N–H and O–H groups in total. The van der Waals surface area contributed by atoms with E-state index in [4.69, 9.17) is 5.73 Å². The Labute approximate surface area is 104 Å². The van der Waals surface area contributed by atoms with Gasteiger partial charge in [0.25, 0.3) is 11.5 Å². The molecule has 2 rings (SSSR count). The van der Waals surface area contributed by atoms with Crippen LogP contribution in [-0.4, -0.2) is 33.0 Å². The second-order valence-electron chi connectivity index (χ2n) is 4.27. The van der Waals surface area contributed by atoms with E-state index in [0.29, 0.717) is 31.9 Å². The maximum absolute atomic E-state index is 12.0. The fourth-order valence-electron chi connectivity index (χ4n) is 2.39. The monoisotopic (exact) mass is 254 g/mol. The van der Waals surface area contributed by atoms with E-state index in [0.717, 1.165) is 0 Å². The average Bonchev–Trinajstić information content (AvgIpc) is 2.80. The van der Waals surface area contributed by atoms with Crippen molar-refractivity contribution < 1.29 is 9.90 Å². The number of nitrogen functional groups attached to an aromatic ring is 1. The number of amides is 1. The van der Waals surface area contributed by atoms with Crippen LogP contribution in [0.4, 0.5) is 11.5 Å². The minimum Gasteiger partial charge on any atom is -0.391 e. The van der Waals surface area contributed by atoms with Gasteiger partial charge in [0.2, 0.25) is 0 Å². The Morgan fingerprint density at radius 1 is 1.28 bits per heavy atom. The molecular weight excluding hydrogens is 236 g/mol. The third kappa shape index (κ3) is 1.62. The van der Waals surface area contributed by atoms with Gasteiger partial charge in [0.05, 0.1) is 0 Å². The first-order valence-corrected chi connectivity index (χ1v) is 6.11. The van der Waals surface area contributed by atoms with Crippen LogP contribution in [0.1, 0.15) is 20.3 Å². The second kappa shape index (κ2) is 4.49. The van der Waals surface area contributed by atoms with Gasteiger partial charge in [-0.05, 0) is 13.8 Å². The van der Waals surface area contributed by atoms with E-state index in [1.54, 1.807) is 4.68 Å². The molecule has 1 aromatic rings. The number of carbonyl (C=O) groups excluding carboxylic acids is 1. The van der Waals surface area contributed by atoms with Crippen molar-refractivity contribution in [3.63, 3.8) is 0 Å². The molecular formula is C11H18N4O3. The maximum atomic E-state index is 12.0. The van der Waals surface area contributed by atoms with E-state index in [-0.39, 0.29) is 11.2 Å². The zero-order chi connectivity index (χ0) is 13.4. The molecule has 0 aliphatic carbocycles. The molecule has 1 fully saturated rings. The fraction of sp³-hybridized carbons (Fsp3) is 0.636. The van der Waals surface area contributed by atoms with Crippen LogP contribution in [0.5, 0.6) is 0 Å². The summed E-state index contributed by atoms with van der Waals surface area (Å²) in [6.07, 6.45) is -0.622. The smallest absolute Gasteiger partial charge is 0.292 e. The molecule has 0 saturated carbocycles. The lowest BCUT2D eigenvalue weighted by Crippen LogP contribution is -2.32. The highest BCUT2D eigenvalue weighted by Crippen LogP contribution is 2.26. The third-order valence-electron chi connectivity index (χ3n) is 3.27. The van der Waals surface area contributed by atoms with Crippen LogP contribution >= 0.6 is 0 Å². The Balaban J connectivity index is 2.58. The number of nitrogens with two attached hydrogens (primary N) is 1. The zero-order valence-electron chi connectivity index (χ0n) is 10.6. The first kappa shape index (κ1) is 12.7. The van der Waals surface area contributed by atoms with Gasteiger partial charge in [-0.1, -0.05) is 0 Å². The summed E-state index contributed by atoms with van der Waals surface area (Å²) >= 11 is 0. The number of anilines is 2. The van der Waals surface area contributed by atoms with Gasteiger partial charge >= 0.3 is 0 Å². The molecule has 1 amide bonds. The van der Waals surface area contributed by atoms with Crippen molar-refractivity contribution in [2.45, 2.75) is 39.5 Å². The number of aliphatic hydroxyl groups excluding tert-OH is 1. The fourth-order valence-corrected chi connectivity index (χ4v) is 2.39. The molecule has 0 bridgehead atoms. The molecule has 0 spiro atoms. The van der Waals surface area contributed by atoms with Gasteiger partial charge in [-0.2, -0.15) is 0 Å². The van der Waals surface area contributed by atoms with Crippen LogP contribution in [0.25, 0.3) is 0 Å². The molecule has 1 aromatic heterocycles. The summed E-state index contributed by atoms with van der Waals surface area (Å²) in [4.78, 5) is 25.2. The molecule has 18 heavy (non-hydrogen) atoms. The van der Waals surface area contributed by atoms with Crippen LogP contribution in [0, 0.1) is 0 Å². The number of aliphatic hydroxyl groups is 1. The lowest BCUT2D eigenvalue weighted by Gasteiger charge is -2.19. The number of nitrogens with zero attached hydrogens (tertiary/aromatic N) is 3. The van der Waals surface area contributed by atoms with Crippen molar-refractivity contribution in [2.24, 2.45) is 0 Å². The summed E-state index contributed by atoms with van der Waals surface area (Å²) < 4.78 is 3.19. The van der Waals surface area contributed by atoms with Gasteiger partial charge < -0.3 is 10.8 Å². The quantitative estimate of drug-likeness (QED) is 0.751. The third-order valence-corrected chi connectivity index (χ3v) is 3.27. The molecule has 1 aliphatic rings. The van der Waals surface area contributed by atoms with Crippen molar-refractivity contribution in [1.82, 2.24) is 9.36 Å². The van der Waals surface area contributed by atoms with E-state index >= 15 is 0 Å². The predicted octanol–water partition coefficient (Wildman–Crippen LogP) is -0.631. The zero-order valence-corrected chi connectivity index (χ0v) is 10.6. The van der Waals surface area contributed by atoms with Crippen molar-refractivity contribution in [1.29, 1.82) is 0 Å². The predicted molar refractivity (Wildman–Crippen MR) is 67.4 cm³/mol. The first-order valence-electron chi connectivity index (χ1n) is 6.11. The SMILES string of the molecule is CCn1c(N2CCC(O)C2=O)c(N)c(=O)n1CC. The van der Waals surface area contributed by atoms with Crippen LogP contribution in [-0.2, 0) is 17.9 Å². The number of hydrogen-bond donors (Lipinski definition) is 2. The van der Waals surface area contributed by atoms with Gasteiger partial charge in [0.1, 0.15) is 11.8 Å². The van der Waals surface area contributed by atoms with Crippen molar-refractivity contribution in [2.75, 3.05) is 17.2 Å². The molecule has 100 valence electrons. The van der Waals surface area contributed by atoms with E-state index in [9.17, 15) is 14.7 Å². The second-order valence-corrected chi connectivity index (χ2v) is 4.27. The van der Waals surface area contributed by atoms with Gasteiger partial charge in [0, 0.05) is 26.1 Å². The molecule has 7 heteroatoms. The van der Waals surface area contributed by atoms with E-state index < -0.39 is 12.0 Å².